The Bertz CT molecular complexity index is 1540. The first-order chi connectivity index (χ1) is 29.3. The molecule has 3 aromatic carbocycles. The number of esters is 2. The van der Waals surface area contributed by atoms with Crippen LogP contribution in [0.25, 0.3) is 0 Å². The third kappa shape index (κ3) is 23.2. The molecule has 334 valence electrons. The molecule has 60 heavy (non-hydrogen) atoms. The highest BCUT2D eigenvalue weighted by molar-refractivity contribution is 7.53. The number of rotatable bonds is 36. The topological polar surface area (TPSA) is 110 Å². The number of hydrogen-bond acceptors (Lipinski definition) is 10. The summed E-state index contributed by atoms with van der Waals surface area (Å²) in [5.41, 5.74) is 2.26. The van der Waals surface area contributed by atoms with E-state index >= 15 is 0 Å². The minimum Gasteiger partial charge on any atom is -0.493 e. The van der Waals surface area contributed by atoms with Gasteiger partial charge < -0.3 is 32.9 Å². The highest BCUT2D eigenvalue weighted by Gasteiger charge is 2.23. The summed E-state index contributed by atoms with van der Waals surface area (Å²) in [7, 11) is -3.22. The van der Waals surface area contributed by atoms with Gasteiger partial charge in [-0.05, 0) is 37.8 Å². The lowest BCUT2D eigenvalue weighted by atomic mass is 10.0. The maximum atomic E-state index is 13.3. The maximum absolute atomic E-state index is 13.3. The van der Waals surface area contributed by atoms with Gasteiger partial charge in [-0.3, -0.25) is 14.2 Å². The smallest absolute Gasteiger partial charge is 0.330 e. The van der Waals surface area contributed by atoms with Crippen LogP contribution in [0.2, 0.25) is 0 Å². The average molecular weight is 852 g/mol. The maximum Gasteiger partial charge on any atom is 0.330 e. The number of anilines is 1. The van der Waals surface area contributed by atoms with Crippen molar-refractivity contribution in [2.45, 2.75) is 143 Å². The van der Waals surface area contributed by atoms with Crippen molar-refractivity contribution in [3.8, 4) is 11.5 Å². The fourth-order valence-corrected chi connectivity index (χ4v) is 8.51. The van der Waals surface area contributed by atoms with E-state index in [0.717, 1.165) is 24.0 Å². The number of unbranched alkanes of at least 4 members (excludes halogenated alkanes) is 15. The molecular formula is C49H74NO9P. The molecule has 0 amide bonds. The molecule has 0 aliphatic rings. The normalized spacial score (nSPS) is 11.3. The molecule has 0 aliphatic heterocycles. The van der Waals surface area contributed by atoms with Gasteiger partial charge in [-0.2, -0.15) is 0 Å². The first kappa shape index (κ1) is 50.5. The number of nitrogens with zero attached hydrogens (tertiary/aromatic N) is 1. The molecule has 0 saturated heterocycles. The van der Waals surface area contributed by atoms with Gasteiger partial charge in [0.15, 0.2) is 0 Å². The standard InChI is InChI=1S/C49H74NO9P/c1-4-7-8-9-10-11-12-13-14-15-16-17-18-19-20-27-33-54-46-36-45(37-47(38-46)55-34-28-35-60(53,58-5-2)59-6-3)50(39-48(51)56-41-43-29-23-21-24-30-43)40-49(52)57-42-44-31-25-22-26-32-44/h21-26,29-32,36-38H,4-20,27-28,33-35,39-42H2,1-3H3. The average Bonchev–Trinajstić information content (AvgIpc) is 3.25. The highest BCUT2D eigenvalue weighted by atomic mass is 31.2. The summed E-state index contributed by atoms with van der Waals surface area (Å²) in [6.07, 6.45) is 21.4. The second-order valence-corrected chi connectivity index (χ2v) is 17.5. The molecule has 0 unspecified atom stereocenters. The minimum absolute atomic E-state index is 0.107. The first-order valence-corrected chi connectivity index (χ1v) is 24.5. The van der Waals surface area contributed by atoms with Crippen LogP contribution in [0.3, 0.4) is 0 Å². The molecule has 3 aromatic rings. The number of carbonyl (C=O) groups excluding carboxylic acids is 2. The van der Waals surface area contributed by atoms with Crippen molar-refractivity contribution in [2.24, 2.45) is 0 Å². The van der Waals surface area contributed by atoms with Crippen LogP contribution < -0.4 is 14.4 Å². The van der Waals surface area contributed by atoms with Gasteiger partial charge in [0.1, 0.15) is 37.8 Å². The Balaban J connectivity index is 1.60. The van der Waals surface area contributed by atoms with Gasteiger partial charge in [0.05, 0.1) is 32.6 Å². The van der Waals surface area contributed by atoms with Crippen molar-refractivity contribution >= 4 is 25.2 Å². The van der Waals surface area contributed by atoms with E-state index in [0.29, 0.717) is 30.2 Å². The summed E-state index contributed by atoms with van der Waals surface area (Å²) in [5.74, 6) is 0.0361. The second kappa shape index (κ2) is 31.9. The number of carbonyl (C=O) groups is 2. The van der Waals surface area contributed by atoms with Gasteiger partial charge in [-0.25, -0.2) is 0 Å². The Morgan fingerprint density at radius 2 is 0.917 bits per heavy atom. The van der Waals surface area contributed by atoms with Gasteiger partial charge >= 0.3 is 19.5 Å². The van der Waals surface area contributed by atoms with Crippen molar-refractivity contribution < 1.29 is 42.1 Å². The third-order valence-corrected chi connectivity index (χ3v) is 12.3. The summed E-state index contributed by atoms with van der Waals surface area (Å²) < 4.78 is 47.6. The van der Waals surface area contributed by atoms with E-state index in [-0.39, 0.29) is 52.3 Å². The molecular weight excluding hydrogens is 778 g/mol. The van der Waals surface area contributed by atoms with Gasteiger partial charge in [0.2, 0.25) is 0 Å². The predicted molar refractivity (Wildman–Crippen MR) is 242 cm³/mol. The molecule has 0 aromatic heterocycles. The number of benzene rings is 3. The molecule has 0 radical (unpaired) electrons. The van der Waals surface area contributed by atoms with Crippen LogP contribution in [0.1, 0.15) is 141 Å². The van der Waals surface area contributed by atoms with E-state index in [1.54, 1.807) is 30.9 Å². The molecule has 0 N–H and O–H groups in total. The van der Waals surface area contributed by atoms with E-state index < -0.39 is 19.5 Å². The second-order valence-electron chi connectivity index (χ2n) is 15.3. The third-order valence-electron chi connectivity index (χ3n) is 10.1. The van der Waals surface area contributed by atoms with Crippen LogP contribution >= 0.6 is 7.60 Å². The van der Waals surface area contributed by atoms with Crippen molar-refractivity contribution in [1.82, 2.24) is 0 Å². The van der Waals surface area contributed by atoms with E-state index in [4.69, 9.17) is 28.0 Å². The zero-order valence-electron chi connectivity index (χ0n) is 37.0. The lowest BCUT2D eigenvalue weighted by Crippen LogP contribution is -2.36. The molecule has 0 heterocycles. The molecule has 0 saturated carbocycles. The summed E-state index contributed by atoms with van der Waals surface area (Å²) in [6.45, 7) is 6.99. The molecule has 0 bridgehead atoms. The fraction of sp³-hybridized carbons (Fsp3) is 0.592. The predicted octanol–water partition coefficient (Wildman–Crippen LogP) is 12.7. The monoisotopic (exact) mass is 852 g/mol. The van der Waals surface area contributed by atoms with Crippen molar-refractivity contribution in [3.05, 3.63) is 90.0 Å². The molecule has 10 nitrogen and oxygen atoms in total. The van der Waals surface area contributed by atoms with Crippen molar-refractivity contribution in [1.29, 1.82) is 0 Å². The van der Waals surface area contributed by atoms with Gasteiger partial charge in [0, 0.05) is 23.9 Å². The van der Waals surface area contributed by atoms with Gasteiger partial charge in [-0.15, -0.1) is 0 Å². The van der Waals surface area contributed by atoms with Gasteiger partial charge in [0.25, 0.3) is 0 Å². The number of ether oxygens (including phenoxy) is 4. The Kier molecular flexibility index (Phi) is 26.9. The Morgan fingerprint density at radius 3 is 1.33 bits per heavy atom. The van der Waals surface area contributed by atoms with E-state index in [2.05, 4.69) is 6.92 Å². The van der Waals surface area contributed by atoms with Gasteiger partial charge in [-0.1, -0.05) is 164 Å². The zero-order chi connectivity index (χ0) is 42.9. The molecule has 0 fully saturated rings. The highest BCUT2D eigenvalue weighted by Crippen LogP contribution is 2.48. The Hall–Kier alpha value is -3.85. The number of hydrogen-bond donors (Lipinski definition) is 0. The summed E-state index contributed by atoms with van der Waals surface area (Å²) in [4.78, 5) is 28.1. The fourth-order valence-electron chi connectivity index (χ4n) is 6.87. The van der Waals surface area contributed by atoms with E-state index in [1.807, 2.05) is 66.7 Å². The van der Waals surface area contributed by atoms with Crippen LogP contribution in [-0.4, -0.2) is 57.6 Å². The zero-order valence-corrected chi connectivity index (χ0v) is 37.9. The quantitative estimate of drug-likeness (QED) is 0.0318. The Labute approximate surface area is 361 Å². The van der Waals surface area contributed by atoms with Crippen molar-refractivity contribution in [2.75, 3.05) is 50.6 Å². The first-order valence-electron chi connectivity index (χ1n) is 22.8. The molecule has 0 atom stereocenters. The molecule has 0 aliphatic carbocycles. The minimum atomic E-state index is -3.22. The largest absolute Gasteiger partial charge is 0.493 e. The van der Waals surface area contributed by atoms with Crippen LogP contribution in [0.15, 0.2) is 78.9 Å². The molecule has 3 rings (SSSR count). The van der Waals surface area contributed by atoms with E-state index in [9.17, 15) is 14.2 Å². The Morgan fingerprint density at radius 1 is 0.517 bits per heavy atom. The van der Waals surface area contributed by atoms with Crippen LogP contribution in [0.5, 0.6) is 11.5 Å². The van der Waals surface area contributed by atoms with E-state index in [1.165, 1.54) is 89.9 Å². The van der Waals surface area contributed by atoms with Crippen LogP contribution in [-0.2, 0) is 45.9 Å². The molecule has 0 spiro atoms. The SMILES string of the molecule is CCCCCCCCCCCCCCCCCCOc1cc(OCCCP(=O)(OCC)OCC)cc(N(CC(=O)OCc2ccccc2)CC(=O)OCc2ccccc2)c1. The van der Waals surface area contributed by atoms with Crippen molar-refractivity contribution in [3.63, 3.8) is 0 Å². The van der Waals surface area contributed by atoms with Crippen LogP contribution in [0.4, 0.5) is 5.69 Å². The lowest BCUT2D eigenvalue weighted by Gasteiger charge is -2.24. The summed E-state index contributed by atoms with van der Waals surface area (Å²) in [5, 5.41) is 0. The van der Waals surface area contributed by atoms with Crippen LogP contribution in [0, 0.1) is 0 Å². The summed E-state index contributed by atoms with van der Waals surface area (Å²) in [6, 6.07) is 24.3. The summed E-state index contributed by atoms with van der Waals surface area (Å²) >= 11 is 0. The lowest BCUT2D eigenvalue weighted by molar-refractivity contribution is -0.144. The molecule has 11 heteroatoms.